The molecule has 0 spiro atoms. The van der Waals surface area contributed by atoms with Gasteiger partial charge in [0.05, 0.1) is 6.42 Å². The number of nitrogens with one attached hydrogen (secondary N) is 1. The van der Waals surface area contributed by atoms with E-state index in [4.69, 9.17) is 0 Å². The number of hydrogen-bond donors (Lipinski definition) is 1. The number of amides is 2. The first-order valence-electron chi connectivity index (χ1n) is 6.03. The topological polar surface area (TPSA) is 89.3 Å². The zero-order chi connectivity index (χ0) is 14.3. The Morgan fingerprint density at radius 1 is 1.15 bits per heavy atom. The minimum absolute atomic E-state index is 0.118. The third kappa shape index (κ3) is 1.58. The van der Waals surface area contributed by atoms with Gasteiger partial charge in [0, 0.05) is 21.6 Å². The van der Waals surface area contributed by atoms with Crippen molar-refractivity contribution in [3.05, 3.63) is 69.3 Å². The fourth-order valence-electron chi connectivity index (χ4n) is 2.56. The molecule has 3 rings (SSSR count). The van der Waals surface area contributed by atoms with Crippen LogP contribution in [0.4, 0.5) is 0 Å². The summed E-state index contributed by atoms with van der Waals surface area (Å²) in [6, 6.07) is 8.47. The third-order valence-electron chi connectivity index (χ3n) is 3.64. The van der Waals surface area contributed by atoms with Crippen LogP contribution < -0.4 is 5.32 Å². The van der Waals surface area contributed by atoms with Gasteiger partial charge in [0.25, 0.3) is 17.4 Å². The van der Waals surface area contributed by atoms with Crippen molar-refractivity contribution in [1.29, 1.82) is 0 Å². The van der Waals surface area contributed by atoms with Gasteiger partial charge in [-0.2, -0.15) is 0 Å². The zero-order valence-electron chi connectivity index (χ0n) is 10.3. The Bertz CT molecular complexity index is 690. The molecule has 6 heteroatoms. The molecule has 0 saturated carbocycles. The fraction of sp³-hybridized carbons (Fsp3) is 0.143. The summed E-state index contributed by atoms with van der Waals surface area (Å²) in [6.45, 7) is 0. The van der Waals surface area contributed by atoms with E-state index in [0.717, 1.165) is 0 Å². The molecule has 20 heavy (non-hydrogen) atoms. The van der Waals surface area contributed by atoms with E-state index in [1.165, 1.54) is 12.2 Å². The predicted molar refractivity (Wildman–Crippen MR) is 69.0 cm³/mol. The molecule has 2 aliphatic rings. The van der Waals surface area contributed by atoms with Crippen LogP contribution in [0, 0.1) is 10.1 Å². The summed E-state index contributed by atoms with van der Waals surface area (Å²) < 4.78 is 0. The smallest absolute Gasteiger partial charge is 0.269 e. The second kappa shape index (κ2) is 4.12. The van der Waals surface area contributed by atoms with Gasteiger partial charge in [-0.1, -0.05) is 30.3 Å². The van der Waals surface area contributed by atoms with Crippen LogP contribution in [-0.2, 0) is 15.1 Å². The molecule has 0 fully saturated rings. The molecule has 1 aliphatic carbocycles. The average Bonchev–Trinajstić information content (AvgIpc) is 2.74. The van der Waals surface area contributed by atoms with Gasteiger partial charge in [0.15, 0.2) is 0 Å². The van der Waals surface area contributed by atoms with E-state index in [1.54, 1.807) is 30.3 Å². The first-order valence-corrected chi connectivity index (χ1v) is 6.03. The van der Waals surface area contributed by atoms with E-state index in [1.807, 2.05) is 0 Å². The third-order valence-corrected chi connectivity index (χ3v) is 3.64. The largest absolute Gasteiger partial charge is 0.288 e. The highest BCUT2D eigenvalue weighted by atomic mass is 16.6. The fourth-order valence-corrected chi connectivity index (χ4v) is 2.56. The van der Waals surface area contributed by atoms with Crippen LogP contribution in [0.3, 0.4) is 0 Å². The van der Waals surface area contributed by atoms with Crippen molar-refractivity contribution in [1.82, 2.24) is 5.32 Å². The maximum absolute atomic E-state index is 11.7. The monoisotopic (exact) mass is 270 g/mol. The Morgan fingerprint density at radius 2 is 1.85 bits per heavy atom. The van der Waals surface area contributed by atoms with Crippen molar-refractivity contribution in [3.63, 3.8) is 0 Å². The Hall–Kier alpha value is -2.76. The summed E-state index contributed by atoms with van der Waals surface area (Å²) in [7, 11) is 0. The minimum Gasteiger partial charge on any atom is -0.288 e. The van der Waals surface area contributed by atoms with Crippen molar-refractivity contribution in [2.45, 2.75) is 12.0 Å². The highest BCUT2D eigenvalue weighted by Gasteiger charge is 2.49. The standard InChI is InChI=1S/C14H10N2O4/c17-12-10-6-7-14(16(19)20,8-11(10)13(18)15-12)9-4-2-1-3-5-9/h1-7H,8H2,(H,15,17,18). The minimum atomic E-state index is -1.50. The number of imide groups is 1. The average molecular weight is 270 g/mol. The normalized spacial score (nSPS) is 24.6. The molecule has 1 unspecified atom stereocenters. The lowest BCUT2D eigenvalue weighted by Gasteiger charge is -2.25. The number of rotatable bonds is 2. The Morgan fingerprint density at radius 3 is 2.50 bits per heavy atom. The number of hydrogen-bond acceptors (Lipinski definition) is 4. The van der Waals surface area contributed by atoms with Crippen molar-refractivity contribution >= 4 is 11.8 Å². The molecule has 1 aliphatic heterocycles. The van der Waals surface area contributed by atoms with Gasteiger partial charge in [-0.15, -0.1) is 0 Å². The number of carbonyl (C=O) groups excluding carboxylic acids is 2. The van der Waals surface area contributed by atoms with Crippen LogP contribution in [0.15, 0.2) is 53.6 Å². The molecule has 2 amide bonds. The Balaban J connectivity index is 2.12. The van der Waals surface area contributed by atoms with E-state index < -0.39 is 22.3 Å². The van der Waals surface area contributed by atoms with Crippen LogP contribution in [-0.4, -0.2) is 16.7 Å². The first kappa shape index (κ1) is 12.3. The predicted octanol–water partition coefficient (Wildman–Crippen LogP) is 1.07. The van der Waals surface area contributed by atoms with E-state index in [2.05, 4.69) is 5.32 Å². The lowest BCUT2D eigenvalue weighted by Crippen LogP contribution is -2.36. The Labute approximate surface area is 113 Å². The summed E-state index contributed by atoms with van der Waals surface area (Å²) in [5.41, 5.74) is -0.608. The highest BCUT2D eigenvalue weighted by Crippen LogP contribution is 2.39. The number of nitro groups is 1. The second-order valence-electron chi connectivity index (χ2n) is 4.73. The number of nitrogens with zero attached hydrogens (tertiary/aromatic N) is 1. The molecule has 1 heterocycles. The van der Waals surface area contributed by atoms with Gasteiger partial charge in [0.1, 0.15) is 0 Å². The maximum Gasteiger partial charge on any atom is 0.269 e. The van der Waals surface area contributed by atoms with Crippen LogP contribution in [0.25, 0.3) is 0 Å². The van der Waals surface area contributed by atoms with Gasteiger partial charge in [-0.25, -0.2) is 0 Å². The molecule has 1 aromatic carbocycles. The van der Waals surface area contributed by atoms with Gasteiger partial charge in [0.2, 0.25) is 0 Å². The molecule has 100 valence electrons. The van der Waals surface area contributed by atoms with Crippen LogP contribution in [0.2, 0.25) is 0 Å². The SMILES string of the molecule is O=C1NC(=O)C2=C1C=CC(c1ccccc1)([N+](=O)[O-])C2. The Kier molecular flexibility index (Phi) is 2.53. The number of carbonyl (C=O) groups is 2. The van der Waals surface area contributed by atoms with Gasteiger partial charge < -0.3 is 0 Å². The molecule has 6 nitrogen and oxygen atoms in total. The summed E-state index contributed by atoms with van der Waals surface area (Å²) >= 11 is 0. The molecule has 1 N–H and O–H groups in total. The van der Waals surface area contributed by atoms with Crippen LogP contribution in [0.1, 0.15) is 12.0 Å². The van der Waals surface area contributed by atoms with Crippen LogP contribution in [0.5, 0.6) is 0 Å². The molecule has 1 aromatic rings. The van der Waals surface area contributed by atoms with Gasteiger partial charge in [-0.3, -0.25) is 25.0 Å². The van der Waals surface area contributed by atoms with E-state index in [0.29, 0.717) is 5.56 Å². The lowest BCUT2D eigenvalue weighted by molar-refractivity contribution is -0.563. The van der Waals surface area contributed by atoms with Crippen molar-refractivity contribution in [3.8, 4) is 0 Å². The molecular formula is C14H10N2O4. The van der Waals surface area contributed by atoms with Gasteiger partial charge >= 0.3 is 0 Å². The number of benzene rings is 1. The van der Waals surface area contributed by atoms with E-state index in [-0.39, 0.29) is 17.6 Å². The van der Waals surface area contributed by atoms with Gasteiger partial charge in [-0.05, 0) is 12.2 Å². The lowest BCUT2D eigenvalue weighted by atomic mass is 9.79. The molecular weight excluding hydrogens is 260 g/mol. The molecule has 0 radical (unpaired) electrons. The second-order valence-corrected chi connectivity index (χ2v) is 4.73. The molecule has 1 atom stereocenters. The molecule has 0 aromatic heterocycles. The quantitative estimate of drug-likeness (QED) is 0.494. The van der Waals surface area contributed by atoms with Crippen molar-refractivity contribution in [2.75, 3.05) is 0 Å². The first-order chi connectivity index (χ1) is 9.54. The van der Waals surface area contributed by atoms with Crippen molar-refractivity contribution in [2.24, 2.45) is 0 Å². The van der Waals surface area contributed by atoms with Crippen LogP contribution >= 0.6 is 0 Å². The van der Waals surface area contributed by atoms with E-state index in [9.17, 15) is 19.7 Å². The summed E-state index contributed by atoms with van der Waals surface area (Å²) in [6.07, 6.45) is 2.64. The summed E-state index contributed by atoms with van der Waals surface area (Å²) in [5, 5.41) is 13.7. The highest BCUT2D eigenvalue weighted by molar-refractivity contribution is 6.21. The van der Waals surface area contributed by atoms with Crippen molar-refractivity contribution < 1.29 is 14.5 Å². The maximum atomic E-state index is 11.7. The zero-order valence-corrected chi connectivity index (χ0v) is 10.3. The summed E-state index contributed by atoms with van der Waals surface area (Å²) in [5.74, 6) is -1.04. The summed E-state index contributed by atoms with van der Waals surface area (Å²) in [4.78, 5) is 34.4. The van der Waals surface area contributed by atoms with E-state index >= 15 is 0 Å². The molecule has 0 saturated heterocycles. The molecule has 0 bridgehead atoms.